The number of ether oxygens (including phenoxy) is 1. The fourth-order valence-corrected chi connectivity index (χ4v) is 3.33. The molecule has 0 bridgehead atoms. The summed E-state index contributed by atoms with van der Waals surface area (Å²) in [5, 5.41) is 3.04. The van der Waals surface area contributed by atoms with E-state index in [0.717, 1.165) is 38.0 Å². The third-order valence-corrected chi connectivity index (χ3v) is 4.82. The van der Waals surface area contributed by atoms with Gasteiger partial charge in [-0.25, -0.2) is 0 Å². The molecule has 144 valence electrons. The molecule has 1 fully saturated rings. The first-order chi connectivity index (χ1) is 12.7. The highest BCUT2D eigenvalue weighted by Gasteiger charge is 2.28. The van der Waals surface area contributed by atoms with Crippen LogP contribution in [0.25, 0.3) is 0 Å². The molecule has 26 heavy (non-hydrogen) atoms. The van der Waals surface area contributed by atoms with Gasteiger partial charge in [0.2, 0.25) is 5.91 Å². The predicted molar refractivity (Wildman–Crippen MR) is 103 cm³/mol. The Balaban J connectivity index is 1.84. The number of carbonyl (C=O) groups excluding carboxylic acids is 2. The second-order valence-electron chi connectivity index (χ2n) is 6.90. The van der Waals surface area contributed by atoms with Crippen molar-refractivity contribution in [1.82, 2.24) is 10.2 Å². The highest BCUT2D eigenvalue weighted by molar-refractivity contribution is 5.94. The molecule has 1 N–H and O–H groups in total. The maximum atomic E-state index is 12.7. The van der Waals surface area contributed by atoms with Crippen LogP contribution >= 0.6 is 0 Å². The zero-order valence-electron chi connectivity index (χ0n) is 16.1. The van der Waals surface area contributed by atoms with Crippen molar-refractivity contribution in [2.75, 3.05) is 26.2 Å². The molecule has 2 rings (SSSR count). The fraction of sp³-hybridized carbons (Fsp3) is 0.619. The molecule has 1 aliphatic heterocycles. The summed E-state index contributed by atoms with van der Waals surface area (Å²) in [6.07, 6.45) is 6.32. The Labute approximate surface area is 157 Å². The van der Waals surface area contributed by atoms with Gasteiger partial charge < -0.3 is 15.0 Å². The fourth-order valence-electron chi connectivity index (χ4n) is 3.33. The molecule has 1 unspecified atom stereocenters. The minimum atomic E-state index is -0.0958. The summed E-state index contributed by atoms with van der Waals surface area (Å²) in [5.74, 6) is 0.754. The van der Waals surface area contributed by atoms with Gasteiger partial charge in [-0.3, -0.25) is 9.59 Å². The van der Waals surface area contributed by atoms with Crippen LogP contribution in [0.15, 0.2) is 24.3 Å². The average molecular weight is 360 g/mol. The number of unbranched alkanes of at least 4 members (excludes halogenated alkanes) is 3. The number of hydrogen-bond acceptors (Lipinski definition) is 3. The van der Waals surface area contributed by atoms with E-state index in [1.54, 1.807) is 17.0 Å². The van der Waals surface area contributed by atoms with E-state index in [0.29, 0.717) is 25.3 Å². The van der Waals surface area contributed by atoms with E-state index in [1.165, 1.54) is 12.8 Å². The van der Waals surface area contributed by atoms with E-state index >= 15 is 0 Å². The normalized spacial score (nSPS) is 17.0. The zero-order chi connectivity index (χ0) is 18.8. The Morgan fingerprint density at radius 1 is 1.15 bits per heavy atom. The molecule has 0 spiro atoms. The van der Waals surface area contributed by atoms with Crippen molar-refractivity contribution in [2.45, 2.75) is 52.4 Å². The molecule has 5 nitrogen and oxygen atoms in total. The van der Waals surface area contributed by atoms with Crippen molar-refractivity contribution in [2.24, 2.45) is 5.92 Å². The summed E-state index contributed by atoms with van der Waals surface area (Å²) < 4.78 is 5.42. The number of hydrogen-bond donors (Lipinski definition) is 1. The molecule has 1 saturated heterocycles. The lowest BCUT2D eigenvalue weighted by Crippen LogP contribution is -2.45. The maximum absolute atomic E-state index is 12.7. The van der Waals surface area contributed by atoms with E-state index in [4.69, 9.17) is 4.74 Å². The number of piperidine rings is 1. The van der Waals surface area contributed by atoms with Gasteiger partial charge in [-0.2, -0.15) is 0 Å². The minimum absolute atomic E-state index is 0.00602. The highest BCUT2D eigenvalue weighted by Crippen LogP contribution is 2.20. The lowest BCUT2D eigenvalue weighted by Gasteiger charge is -2.32. The van der Waals surface area contributed by atoms with Gasteiger partial charge in [0.15, 0.2) is 0 Å². The number of nitrogens with one attached hydrogen (secondary N) is 1. The van der Waals surface area contributed by atoms with E-state index < -0.39 is 0 Å². The summed E-state index contributed by atoms with van der Waals surface area (Å²) in [5.41, 5.74) is 0.647. The van der Waals surface area contributed by atoms with Crippen LogP contribution in [0.2, 0.25) is 0 Å². The maximum Gasteiger partial charge on any atom is 0.253 e. The van der Waals surface area contributed by atoms with Gasteiger partial charge in [0.25, 0.3) is 5.91 Å². The number of benzene rings is 1. The summed E-state index contributed by atoms with van der Waals surface area (Å²) in [4.78, 5) is 26.9. The van der Waals surface area contributed by atoms with Crippen LogP contribution in [0, 0.1) is 5.92 Å². The molecular formula is C21H32N2O3. The van der Waals surface area contributed by atoms with Gasteiger partial charge >= 0.3 is 0 Å². The molecule has 2 amide bonds. The van der Waals surface area contributed by atoms with Gasteiger partial charge in [0.1, 0.15) is 5.75 Å². The number of rotatable bonds is 9. The Hall–Kier alpha value is -2.04. The Kier molecular flexibility index (Phi) is 8.45. The smallest absolute Gasteiger partial charge is 0.253 e. The van der Waals surface area contributed by atoms with E-state index in [-0.39, 0.29) is 17.7 Å². The van der Waals surface area contributed by atoms with Crippen molar-refractivity contribution < 1.29 is 14.3 Å². The quantitative estimate of drug-likeness (QED) is 0.684. The SMILES string of the molecule is CCCCCCNC(=O)C1CCCN(C(=O)c2ccc(OCC)cc2)C1. The molecule has 1 heterocycles. The van der Waals surface area contributed by atoms with Crippen LogP contribution in [-0.4, -0.2) is 43.0 Å². The van der Waals surface area contributed by atoms with Crippen LogP contribution in [0.5, 0.6) is 5.75 Å². The van der Waals surface area contributed by atoms with Gasteiger partial charge in [0, 0.05) is 25.2 Å². The lowest BCUT2D eigenvalue weighted by atomic mass is 9.96. The van der Waals surface area contributed by atoms with Crippen LogP contribution in [0.3, 0.4) is 0 Å². The van der Waals surface area contributed by atoms with Crippen LogP contribution in [0.4, 0.5) is 0 Å². The second kappa shape index (κ2) is 10.8. The van der Waals surface area contributed by atoms with Crippen LogP contribution in [0.1, 0.15) is 62.7 Å². The molecule has 1 aromatic rings. The molecule has 5 heteroatoms. The minimum Gasteiger partial charge on any atom is -0.494 e. The summed E-state index contributed by atoms with van der Waals surface area (Å²) in [7, 11) is 0. The summed E-state index contributed by atoms with van der Waals surface area (Å²) in [6.45, 7) is 6.67. The third kappa shape index (κ3) is 6.04. The predicted octanol–water partition coefficient (Wildman–Crippen LogP) is 3.63. The second-order valence-corrected chi connectivity index (χ2v) is 6.90. The molecular weight excluding hydrogens is 328 g/mol. The van der Waals surface area contributed by atoms with Crippen LogP contribution < -0.4 is 10.1 Å². The highest BCUT2D eigenvalue weighted by atomic mass is 16.5. The van der Waals surface area contributed by atoms with Gasteiger partial charge in [-0.15, -0.1) is 0 Å². The van der Waals surface area contributed by atoms with Crippen molar-refractivity contribution in [3.8, 4) is 5.75 Å². The summed E-state index contributed by atoms with van der Waals surface area (Å²) in [6, 6.07) is 7.23. The van der Waals surface area contributed by atoms with Crippen LogP contribution in [-0.2, 0) is 4.79 Å². The van der Waals surface area contributed by atoms with Crippen molar-refractivity contribution >= 4 is 11.8 Å². The molecule has 1 aliphatic rings. The number of nitrogens with zero attached hydrogens (tertiary/aromatic N) is 1. The number of carbonyl (C=O) groups is 2. The number of likely N-dealkylation sites (tertiary alicyclic amines) is 1. The van der Waals surface area contributed by atoms with E-state index in [2.05, 4.69) is 12.2 Å². The molecule has 1 atom stereocenters. The average Bonchev–Trinajstić information content (AvgIpc) is 2.68. The monoisotopic (exact) mass is 360 g/mol. The summed E-state index contributed by atoms with van der Waals surface area (Å²) >= 11 is 0. The third-order valence-electron chi connectivity index (χ3n) is 4.82. The first-order valence-corrected chi connectivity index (χ1v) is 9.95. The largest absolute Gasteiger partial charge is 0.494 e. The zero-order valence-corrected chi connectivity index (χ0v) is 16.1. The molecule has 0 radical (unpaired) electrons. The van der Waals surface area contributed by atoms with E-state index in [9.17, 15) is 9.59 Å². The standard InChI is InChI=1S/C21H32N2O3/c1-3-5-6-7-14-22-20(24)18-9-8-15-23(16-18)21(25)17-10-12-19(13-11-17)26-4-2/h10-13,18H,3-9,14-16H2,1-2H3,(H,22,24). The molecule has 0 aliphatic carbocycles. The Morgan fingerprint density at radius 2 is 1.92 bits per heavy atom. The van der Waals surface area contributed by atoms with Crippen molar-refractivity contribution in [3.05, 3.63) is 29.8 Å². The van der Waals surface area contributed by atoms with Gasteiger partial charge in [-0.05, 0) is 50.5 Å². The topological polar surface area (TPSA) is 58.6 Å². The number of amides is 2. The van der Waals surface area contributed by atoms with Gasteiger partial charge in [0.05, 0.1) is 12.5 Å². The Morgan fingerprint density at radius 3 is 2.62 bits per heavy atom. The van der Waals surface area contributed by atoms with Crippen molar-refractivity contribution in [3.63, 3.8) is 0 Å². The molecule has 0 saturated carbocycles. The van der Waals surface area contributed by atoms with Gasteiger partial charge in [-0.1, -0.05) is 26.2 Å². The Bertz CT molecular complexity index is 571. The van der Waals surface area contributed by atoms with E-state index in [1.807, 2.05) is 19.1 Å². The first kappa shape index (κ1) is 20.3. The molecule has 0 aromatic heterocycles. The molecule has 1 aromatic carbocycles. The lowest BCUT2D eigenvalue weighted by molar-refractivity contribution is -0.126. The van der Waals surface area contributed by atoms with Crippen molar-refractivity contribution in [1.29, 1.82) is 0 Å². The first-order valence-electron chi connectivity index (χ1n) is 9.95.